The molecule has 2 heteroatoms. The second-order valence-electron chi connectivity index (χ2n) is 8.81. The van der Waals surface area contributed by atoms with E-state index in [-0.39, 0.29) is 5.97 Å². The minimum absolute atomic E-state index is 0.236. The Morgan fingerprint density at radius 2 is 2.09 bits per heavy atom. The Kier molecular flexibility index (Phi) is 4.23. The number of hydrogen-bond acceptors (Lipinski definition) is 2. The van der Waals surface area contributed by atoms with Crippen LogP contribution in [0.2, 0.25) is 0 Å². The Hall–Kier alpha value is -1.05. The Balaban J connectivity index is 1.73. The van der Waals surface area contributed by atoms with E-state index in [4.69, 9.17) is 4.74 Å². The molecular formula is C21H32O2. The van der Waals surface area contributed by atoms with Crippen molar-refractivity contribution >= 4 is 5.97 Å². The third-order valence-electron chi connectivity index (χ3n) is 7.52. The highest BCUT2D eigenvalue weighted by Gasteiger charge is 2.64. The summed E-state index contributed by atoms with van der Waals surface area (Å²) in [4.78, 5) is 11.4. The summed E-state index contributed by atoms with van der Waals surface area (Å²) in [6.07, 6.45) is 10.5. The highest BCUT2D eigenvalue weighted by Crippen LogP contribution is 2.73. The van der Waals surface area contributed by atoms with Crippen LogP contribution in [-0.2, 0) is 9.53 Å². The van der Waals surface area contributed by atoms with Gasteiger partial charge in [0.2, 0.25) is 0 Å². The number of carbonyl (C=O) groups is 1. The summed E-state index contributed by atoms with van der Waals surface area (Å²) in [5, 5.41) is 0. The predicted octanol–water partition coefficient (Wildman–Crippen LogP) is 5.29. The topological polar surface area (TPSA) is 26.3 Å². The van der Waals surface area contributed by atoms with Gasteiger partial charge in [-0.05, 0) is 80.5 Å². The van der Waals surface area contributed by atoms with Gasteiger partial charge in [-0.15, -0.1) is 0 Å². The van der Waals surface area contributed by atoms with Gasteiger partial charge in [0, 0.05) is 6.08 Å². The van der Waals surface area contributed by atoms with Gasteiger partial charge < -0.3 is 4.74 Å². The fraction of sp³-hybridized carbons (Fsp3) is 0.762. The average Bonchev–Trinajstić information content (AvgIpc) is 3.17. The van der Waals surface area contributed by atoms with E-state index in [9.17, 15) is 4.79 Å². The van der Waals surface area contributed by atoms with E-state index >= 15 is 0 Å². The number of carbonyl (C=O) groups excluding carboxylic acids is 1. The molecule has 0 heterocycles. The maximum atomic E-state index is 11.4. The maximum Gasteiger partial charge on any atom is 0.330 e. The fourth-order valence-corrected chi connectivity index (χ4v) is 6.03. The van der Waals surface area contributed by atoms with E-state index in [1.54, 1.807) is 6.08 Å². The van der Waals surface area contributed by atoms with Crippen LogP contribution in [0, 0.1) is 28.6 Å². The van der Waals surface area contributed by atoms with E-state index in [2.05, 4.69) is 20.4 Å². The molecule has 0 spiro atoms. The molecule has 0 bridgehead atoms. The van der Waals surface area contributed by atoms with Gasteiger partial charge in [0.15, 0.2) is 0 Å². The van der Waals surface area contributed by atoms with Gasteiger partial charge in [-0.25, -0.2) is 4.79 Å². The molecule has 3 saturated carbocycles. The van der Waals surface area contributed by atoms with E-state index < -0.39 is 0 Å². The van der Waals surface area contributed by atoms with Crippen molar-refractivity contribution in [2.75, 3.05) is 7.11 Å². The highest BCUT2D eigenvalue weighted by molar-refractivity contribution is 5.82. The van der Waals surface area contributed by atoms with E-state index in [1.807, 2.05) is 6.92 Å². The summed E-state index contributed by atoms with van der Waals surface area (Å²) in [5.74, 6) is 2.24. The third kappa shape index (κ3) is 2.79. The first-order chi connectivity index (χ1) is 10.8. The van der Waals surface area contributed by atoms with Crippen LogP contribution in [0.5, 0.6) is 0 Å². The zero-order valence-electron chi connectivity index (χ0n) is 15.3. The van der Waals surface area contributed by atoms with Crippen LogP contribution >= 0.6 is 0 Å². The van der Waals surface area contributed by atoms with Crippen molar-refractivity contribution in [1.29, 1.82) is 0 Å². The summed E-state index contributed by atoms with van der Waals surface area (Å²) in [6, 6.07) is 0. The quantitative estimate of drug-likeness (QED) is 0.400. The summed E-state index contributed by atoms with van der Waals surface area (Å²) in [6.45, 7) is 11.5. The molecule has 0 aromatic heterocycles. The molecule has 0 saturated heterocycles. The molecule has 23 heavy (non-hydrogen) atoms. The Bertz CT molecular complexity index is 546. The first kappa shape index (κ1) is 16.8. The molecule has 0 unspecified atom stereocenters. The Morgan fingerprint density at radius 3 is 2.78 bits per heavy atom. The van der Waals surface area contributed by atoms with Crippen LogP contribution in [0.3, 0.4) is 0 Å². The lowest BCUT2D eigenvalue weighted by Gasteiger charge is -2.54. The number of allylic oxidation sites excluding steroid dienone is 2. The lowest BCUT2D eigenvalue weighted by Crippen LogP contribution is -2.46. The largest absolute Gasteiger partial charge is 0.466 e. The molecule has 0 aromatic rings. The molecule has 0 aliphatic heterocycles. The van der Waals surface area contributed by atoms with Crippen LogP contribution in [-0.4, -0.2) is 13.1 Å². The number of ether oxygens (including phenoxy) is 1. The number of hydrogen-bond donors (Lipinski definition) is 0. The van der Waals surface area contributed by atoms with Crippen molar-refractivity contribution in [3.8, 4) is 0 Å². The highest BCUT2D eigenvalue weighted by atomic mass is 16.5. The summed E-state index contributed by atoms with van der Waals surface area (Å²) in [7, 11) is 1.44. The van der Waals surface area contributed by atoms with E-state index in [0.29, 0.717) is 16.7 Å². The smallest absolute Gasteiger partial charge is 0.330 e. The van der Waals surface area contributed by atoms with Crippen LogP contribution in [0.4, 0.5) is 0 Å². The lowest BCUT2D eigenvalue weighted by atomic mass is 9.50. The molecule has 5 atom stereocenters. The molecule has 3 fully saturated rings. The van der Waals surface area contributed by atoms with Crippen molar-refractivity contribution < 1.29 is 9.53 Å². The van der Waals surface area contributed by atoms with Crippen LogP contribution < -0.4 is 0 Å². The van der Waals surface area contributed by atoms with Gasteiger partial charge in [-0.2, -0.15) is 0 Å². The van der Waals surface area contributed by atoms with Gasteiger partial charge in [0.05, 0.1) is 7.11 Å². The molecule has 0 N–H and O–H groups in total. The number of methoxy groups -OCH3 is 1. The van der Waals surface area contributed by atoms with Gasteiger partial charge in [0.25, 0.3) is 0 Å². The monoisotopic (exact) mass is 316 g/mol. The first-order valence-corrected chi connectivity index (χ1v) is 9.24. The molecule has 0 radical (unpaired) electrons. The summed E-state index contributed by atoms with van der Waals surface area (Å²) < 4.78 is 4.74. The Labute approximate surface area is 141 Å². The molecule has 128 valence electrons. The van der Waals surface area contributed by atoms with E-state index in [1.165, 1.54) is 44.8 Å². The van der Waals surface area contributed by atoms with Gasteiger partial charge >= 0.3 is 5.97 Å². The van der Waals surface area contributed by atoms with Crippen molar-refractivity contribution in [3.05, 3.63) is 23.8 Å². The molecule has 0 amide bonds. The molecule has 3 rings (SSSR count). The molecular weight excluding hydrogens is 284 g/mol. The summed E-state index contributed by atoms with van der Waals surface area (Å²) >= 11 is 0. The number of esters is 1. The average molecular weight is 316 g/mol. The van der Waals surface area contributed by atoms with Gasteiger partial charge in [-0.3, -0.25) is 0 Å². The molecule has 3 aliphatic carbocycles. The summed E-state index contributed by atoms with van der Waals surface area (Å²) in [5.41, 5.74) is 3.62. The lowest BCUT2D eigenvalue weighted by molar-refractivity contribution is -0.134. The predicted molar refractivity (Wildman–Crippen MR) is 93.9 cm³/mol. The van der Waals surface area contributed by atoms with E-state index in [0.717, 1.165) is 30.3 Å². The fourth-order valence-electron chi connectivity index (χ4n) is 6.03. The van der Waals surface area contributed by atoms with Crippen molar-refractivity contribution in [2.45, 2.75) is 65.7 Å². The van der Waals surface area contributed by atoms with Crippen molar-refractivity contribution in [3.63, 3.8) is 0 Å². The number of rotatable bonds is 4. The second kappa shape index (κ2) is 5.79. The molecule has 2 nitrogen and oxygen atoms in total. The van der Waals surface area contributed by atoms with Crippen LogP contribution in [0.15, 0.2) is 23.8 Å². The maximum absolute atomic E-state index is 11.4. The first-order valence-electron chi connectivity index (χ1n) is 9.24. The minimum atomic E-state index is -0.236. The standard InChI is InChI=1S/C21H32O2/c1-14(12-19(22)23-5)6-8-17-15(2)7-9-18-20(17,3)11-10-16-13-21(16,18)4/h12,16-18H,2,6-11,13H2,1,3-5H3/b14-12+/t16-,17-,18+,20+,21+/m0/s1. The van der Waals surface area contributed by atoms with Crippen LogP contribution in [0.1, 0.15) is 65.7 Å². The van der Waals surface area contributed by atoms with Gasteiger partial charge in [0.1, 0.15) is 0 Å². The van der Waals surface area contributed by atoms with Crippen LogP contribution in [0.25, 0.3) is 0 Å². The van der Waals surface area contributed by atoms with Crippen molar-refractivity contribution in [1.82, 2.24) is 0 Å². The molecule has 3 aliphatic rings. The Morgan fingerprint density at radius 1 is 1.35 bits per heavy atom. The second-order valence-corrected chi connectivity index (χ2v) is 8.81. The SMILES string of the molecule is C=C1CC[C@@H]2[C@](C)(CC[C@H]3C[C@]32C)[C@H]1CC/C(C)=C/C(=O)OC. The van der Waals surface area contributed by atoms with Gasteiger partial charge in [-0.1, -0.05) is 31.6 Å². The zero-order chi connectivity index (χ0) is 16.8. The zero-order valence-corrected chi connectivity index (χ0v) is 15.3. The van der Waals surface area contributed by atoms with Crippen molar-refractivity contribution in [2.24, 2.45) is 28.6 Å². The number of fused-ring (bicyclic) bond motifs is 3. The normalized spacial score (nSPS) is 42.7. The molecule has 0 aromatic carbocycles. The minimum Gasteiger partial charge on any atom is -0.466 e. The third-order valence-corrected chi connectivity index (χ3v) is 7.52.